The predicted octanol–water partition coefficient (Wildman–Crippen LogP) is 0.366. The minimum absolute atomic E-state index is 0.227. The van der Waals surface area contributed by atoms with Crippen molar-refractivity contribution in [3.63, 3.8) is 0 Å². The maximum Gasteiger partial charge on any atom is 0.431 e. The van der Waals surface area contributed by atoms with E-state index in [1.165, 1.54) is 0 Å². The molecule has 8 heteroatoms. The first-order valence-electron chi connectivity index (χ1n) is 6.03. The van der Waals surface area contributed by atoms with Crippen molar-refractivity contribution in [3.8, 4) is 0 Å². The molecule has 0 aliphatic carbocycles. The van der Waals surface area contributed by atoms with Crippen LogP contribution < -0.4 is 11.4 Å². The number of rotatable bonds is 10. The second kappa shape index (κ2) is 10.9. The van der Waals surface area contributed by atoms with Crippen molar-refractivity contribution in [1.29, 1.82) is 0 Å². The Morgan fingerprint density at radius 1 is 1.00 bits per heavy atom. The van der Waals surface area contributed by atoms with Crippen LogP contribution in [0.15, 0.2) is 0 Å². The van der Waals surface area contributed by atoms with E-state index in [-0.39, 0.29) is 6.61 Å². The molecule has 0 aliphatic heterocycles. The first-order valence-corrected chi connectivity index (χ1v) is 6.03. The molecule has 0 heterocycles. The lowest BCUT2D eigenvalue weighted by Crippen LogP contribution is -2.33. The van der Waals surface area contributed by atoms with Crippen molar-refractivity contribution in [3.05, 3.63) is 0 Å². The molecule has 0 rings (SSSR count). The Labute approximate surface area is 113 Å². The number of nitrogens with two attached hydrogens (primary N) is 1. The third kappa shape index (κ3) is 15.0. The highest BCUT2D eigenvalue weighted by Gasteiger charge is 2.15. The van der Waals surface area contributed by atoms with E-state index in [1.807, 2.05) is 0 Å². The number of amides is 1. The van der Waals surface area contributed by atoms with E-state index in [4.69, 9.17) is 24.9 Å². The summed E-state index contributed by atoms with van der Waals surface area (Å²) in [6, 6.07) is 0. The van der Waals surface area contributed by atoms with E-state index < -0.39 is 11.7 Å². The summed E-state index contributed by atoms with van der Waals surface area (Å²) >= 11 is 0. The largest absolute Gasteiger partial charge is 0.442 e. The summed E-state index contributed by atoms with van der Waals surface area (Å²) in [6.45, 7) is 7.53. The Morgan fingerprint density at radius 3 is 2.05 bits per heavy atom. The number of hydroxylamine groups is 1. The summed E-state index contributed by atoms with van der Waals surface area (Å²) in [5, 5.41) is 0. The van der Waals surface area contributed by atoms with Gasteiger partial charge in [-0.15, -0.1) is 0 Å². The first-order chi connectivity index (χ1) is 8.95. The van der Waals surface area contributed by atoms with Gasteiger partial charge in [0.15, 0.2) is 0 Å². The topological polar surface area (TPSA) is 101 Å². The molecule has 8 nitrogen and oxygen atoms in total. The Morgan fingerprint density at radius 2 is 1.53 bits per heavy atom. The smallest absolute Gasteiger partial charge is 0.431 e. The Bertz CT molecular complexity index is 232. The monoisotopic (exact) mass is 280 g/mol. The Kier molecular flexibility index (Phi) is 10.4. The number of hydrogen-bond donors (Lipinski definition) is 2. The molecule has 0 aromatic carbocycles. The second-order valence-corrected chi connectivity index (χ2v) is 4.55. The minimum atomic E-state index is -0.627. The molecule has 0 radical (unpaired) electrons. The summed E-state index contributed by atoms with van der Waals surface area (Å²) in [5.74, 6) is 4.81. The maximum absolute atomic E-state index is 11.2. The van der Waals surface area contributed by atoms with Crippen molar-refractivity contribution in [2.24, 2.45) is 5.90 Å². The minimum Gasteiger partial charge on any atom is -0.442 e. The first kappa shape index (κ1) is 18.1. The SMILES string of the molecule is CC(C)(C)OC(=O)NOCCOCCOCCON. The molecule has 0 aromatic rings. The van der Waals surface area contributed by atoms with E-state index in [9.17, 15) is 4.79 Å². The van der Waals surface area contributed by atoms with Crippen LogP contribution in [0.5, 0.6) is 0 Å². The molecule has 0 atom stereocenters. The number of carbonyl (C=O) groups excluding carboxylic acids is 1. The molecular weight excluding hydrogens is 256 g/mol. The van der Waals surface area contributed by atoms with Gasteiger partial charge in [-0.25, -0.2) is 10.7 Å². The van der Waals surface area contributed by atoms with Crippen LogP contribution in [0.25, 0.3) is 0 Å². The molecule has 0 saturated heterocycles. The van der Waals surface area contributed by atoms with E-state index in [0.29, 0.717) is 33.0 Å². The van der Waals surface area contributed by atoms with Crippen molar-refractivity contribution < 1.29 is 28.7 Å². The molecule has 0 fully saturated rings. The predicted molar refractivity (Wildman–Crippen MR) is 67.1 cm³/mol. The molecule has 3 N–H and O–H groups in total. The van der Waals surface area contributed by atoms with Crippen LogP contribution in [0.3, 0.4) is 0 Å². The molecule has 0 saturated carbocycles. The van der Waals surface area contributed by atoms with E-state index in [0.717, 1.165) is 0 Å². The van der Waals surface area contributed by atoms with Crippen molar-refractivity contribution in [2.75, 3.05) is 39.6 Å². The normalized spacial score (nSPS) is 11.4. The fraction of sp³-hybridized carbons (Fsp3) is 0.909. The van der Waals surface area contributed by atoms with Crippen LogP contribution in [-0.4, -0.2) is 51.3 Å². The quantitative estimate of drug-likeness (QED) is 0.440. The zero-order valence-corrected chi connectivity index (χ0v) is 11.8. The lowest BCUT2D eigenvalue weighted by molar-refractivity contribution is -0.0355. The molecule has 0 aliphatic rings. The van der Waals surface area contributed by atoms with Crippen LogP contribution in [0, 0.1) is 0 Å². The van der Waals surface area contributed by atoms with E-state index >= 15 is 0 Å². The third-order valence-electron chi connectivity index (χ3n) is 1.60. The summed E-state index contributed by atoms with van der Waals surface area (Å²) in [5.41, 5.74) is 1.61. The summed E-state index contributed by atoms with van der Waals surface area (Å²) in [6.07, 6.45) is -0.627. The van der Waals surface area contributed by atoms with Gasteiger partial charge in [0.25, 0.3) is 0 Å². The maximum atomic E-state index is 11.2. The van der Waals surface area contributed by atoms with E-state index in [2.05, 4.69) is 10.3 Å². The molecule has 0 spiro atoms. The van der Waals surface area contributed by atoms with Gasteiger partial charge in [-0.2, -0.15) is 5.48 Å². The zero-order valence-electron chi connectivity index (χ0n) is 11.8. The molecule has 1 amide bonds. The third-order valence-corrected chi connectivity index (χ3v) is 1.60. The average Bonchev–Trinajstić information content (AvgIpc) is 2.29. The molecular formula is C11H24N2O6. The zero-order chi connectivity index (χ0) is 14.6. The fourth-order valence-electron chi connectivity index (χ4n) is 0.938. The molecule has 114 valence electrons. The van der Waals surface area contributed by atoms with Gasteiger partial charge < -0.3 is 19.0 Å². The standard InChI is InChI=1S/C11H24N2O6/c1-11(2,3)19-10(14)13-18-9-7-16-5-4-15-6-8-17-12/h4-9,12H2,1-3H3,(H,13,14). The number of nitrogens with one attached hydrogen (secondary N) is 1. The van der Waals surface area contributed by atoms with Crippen molar-refractivity contribution in [1.82, 2.24) is 5.48 Å². The Hall–Kier alpha value is -0.930. The highest BCUT2D eigenvalue weighted by Crippen LogP contribution is 2.06. The van der Waals surface area contributed by atoms with Gasteiger partial charge in [-0.3, -0.25) is 4.84 Å². The number of ether oxygens (including phenoxy) is 3. The van der Waals surface area contributed by atoms with Gasteiger partial charge in [0, 0.05) is 0 Å². The lowest BCUT2D eigenvalue weighted by atomic mass is 10.2. The number of carbonyl (C=O) groups is 1. The van der Waals surface area contributed by atoms with Crippen LogP contribution in [0.1, 0.15) is 20.8 Å². The highest BCUT2D eigenvalue weighted by molar-refractivity contribution is 5.66. The average molecular weight is 280 g/mol. The second-order valence-electron chi connectivity index (χ2n) is 4.55. The van der Waals surface area contributed by atoms with Crippen LogP contribution >= 0.6 is 0 Å². The van der Waals surface area contributed by atoms with Gasteiger partial charge in [0.2, 0.25) is 0 Å². The summed E-state index contributed by atoms with van der Waals surface area (Å²) < 4.78 is 15.3. The van der Waals surface area contributed by atoms with Gasteiger partial charge >= 0.3 is 6.09 Å². The van der Waals surface area contributed by atoms with Gasteiger partial charge in [-0.05, 0) is 20.8 Å². The summed E-state index contributed by atoms with van der Waals surface area (Å²) in [4.78, 5) is 20.3. The van der Waals surface area contributed by atoms with Gasteiger partial charge in [0.1, 0.15) is 5.60 Å². The van der Waals surface area contributed by atoms with Gasteiger partial charge in [-0.1, -0.05) is 0 Å². The highest BCUT2D eigenvalue weighted by atomic mass is 16.7. The number of hydrogen-bond acceptors (Lipinski definition) is 7. The molecule has 19 heavy (non-hydrogen) atoms. The van der Waals surface area contributed by atoms with Crippen molar-refractivity contribution >= 4 is 6.09 Å². The molecule has 0 bridgehead atoms. The van der Waals surface area contributed by atoms with E-state index in [1.54, 1.807) is 20.8 Å². The van der Waals surface area contributed by atoms with Crippen molar-refractivity contribution in [2.45, 2.75) is 26.4 Å². The van der Waals surface area contributed by atoms with Crippen LogP contribution in [-0.2, 0) is 23.9 Å². The summed E-state index contributed by atoms with van der Waals surface area (Å²) in [7, 11) is 0. The molecule has 0 unspecified atom stereocenters. The van der Waals surface area contributed by atoms with Crippen LogP contribution in [0.4, 0.5) is 4.79 Å². The van der Waals surface area contributed by atoms with Gasteiger partial charge in [0.05, 0.1) is 39.6 Å². The lowest BCUT2D eigenvalue weighted by Gasteiger charge is -2.19. The molecule has 0 aromatic heterocycles. The van der Waals surface area contributed by atoms with Crippen LogP contribution in [0.2, 0.25) is 0 Å². The Balaban J connectivity index is 3.21. The fourth-order valence-corrected chi connectivity index (χ4v) is 0.938.